The van der Waals surface area contributed by atoms with Gasteiger partial charge in [0.25, 0.3) is 0 Å². The summed E-state index contributed by atoms with van der Waals surface area (Å²) in [4.78, 5) is 25.8. The normalized spacial score (nSPS) is 15.3. The Balaban J connectivity index is 1.68. The SMILES string of the molecule is COC(=O)[C@@H](N)Cc1ccc(Oc2nc(Cl)nc(N3CCOCC3)n2)cc1. The second kappa shape index (κ2) is 8.94. The largest absolute Gasteiger partial charge is 0.468 e. The van der Waals surface area contributed by atoms with Gasteiger partial charge in [-0.15, -0.1) is 0 Å². The number of nitrogens with zero attached hydrogens (tertiary/aromatic N) is 4. The lowest BCUT2D eigenvalue weighted by Gasteiger charge is -2.26. The molecule has 1 aromatic heterocycles. The first kappa shape index (κ1) is 19.3. The first-order chi connectivity index (χ1) is 13.0. The van der Waals surface area contributed by atoms with E-state index in [1.165, 1.54) is 7.11 Å². The van der Waals surface area contributed by atoms with E-state index in [1.54, 1.807) is 12.1 Å². The van der Waals surface area contributed by atoms with Crippen molar-refractivity contribution in [1.82, 2.24) is 15.0 Å². The van der Waals surface area contributed by atoms with Crippen molar-refractivity contribution in [1.29, 1.82) is 0 Å². The van der Waals surface area contributed by atoms with Gasteiger partial charge in [-0.1, -0.05) is 12.1 Å². The summed E-state index contributed by atoms with van der Waals surface area (Å²) >= 11 is 6.00. The van der Waals surface area contributed by atoms with Crippen molar-refractivity contribution in [2.45, 2.75) is 12.5 Å². The zero-order valence-electron chi connectivity index (χ0n) is 14.8. The number of methoxy groups -OCH3 is 1. The molecule has 1 aromatic carbocycles. The molecular formula is C17H20ClN5O4. The van der Waals surface area contributed by atoms with Gasteiger partial charge in [-0.2, -0.15) is 15.0 Å². The van der Waals surface area contributed by atoms with E-state index >= 15 is 0 Å². The summed E-state index contributed by atoms with van der Waals surface area (Å²) in [6, 6.07) is 6.50. The molecule has 1 atom stereocenters. The number of halogens is 1. The summed E-state index contributed by atoms with van der Waals surface area (Å²) < 4.78 is 15.6. The van der Waals surface area contributed by atoms with Crippen LogP contribution in [0.25, 0.3) is 0 Å². The van der Waals surface area contributed by atoms with E-state index in [4.69, 9.17) is 26.8 Å². The molecule has 1 fully saturated rings. The topological polar surface area (TPSA) is 113 Å². The van der Waals surface area contributed by atoms with Crippen molar-refractivity contribution >= 4 is 23.5 Å². The molecule has 9 nitrogen and oxygen atoms in total. The van der Waals surface area contributed by atoms with Crippen molar-refractivity contribution < 1.29 is 19.0 Å². The van der Waals surface area contributed by atoms with Crippen LogP contribution in [0.1, 0.15) is 5.56 Å². The van der Waals surface area contributed by atoms with Gasteiger partial charge in [0.05, 0.1) is 20.3 Å². The van der Waals surface area contributed by atoms with E-state index in [-0.39, 0.29) is 11.3 Å². The highest BCUT2D eigenvalue weighted by Crippen LogP contribution is 2.22. The number of anilines is 1. The Kier molecular flexibility index (Phi) is 6.38. The Labute approximate surface area is 161 Å². The average Bonchev–Trinajstić information content (AvgIpc) is 2.69. The maximum absolute atomic E-state index is 11.4. The van der Waals surface area contributed by atoms with Crippen LogP contribution in [-0.2, 0) is 20.7 Å². The highest BCUT2D eigenvalue weighted by Gasteiger charge is 2.17. The van der Waals surface area contributed by atoms with Gasteiger partial charge in [-0.25, -0.2) is 0 Å². The van der Waals surface area contributed by atoms with Gasteiger partial charge in [-0.05, 0) is 35.7 Å². The predicted molar refractivity (Wildman–Crippen MR) is 98.1 cm³/mol. The number of hydrogen-bond donors (Lipinski definition) is 1. The molecule has 2 N–H and O–H groups in total. The van der Waals surface area contributed by atoms with E-state index in [0.29, 0.717) is 44.4 Å². The second-order valence-electron chi connectivity index (χ2n) is 5.87. The van der Waals surface area contributed by atoms with E-state index in [2.05, 4.69) is 19.7 Å². The number of aromatic nitrogens is 3. The summed E-state index contributed by atoms with van der Waals surface area (Å²) in [6.07, 6.45) is 0.367. The van der Waals surface area contributed by atoms with Crippen molar-refractivity contribution in [3.8, 4) is 11.8 Å². The lowest BCUT2D eigenvalue weighted by Crippen LogP contribution is -2.37. The van der Waals surface area contributed by atoms with Crippen LogP contribution in [0.3, 0.4) is 0 Å². The molecular weight excluding hydrogens is 374 g/mol. The summed E-state index contributed by atoms with van der Waals surface area (Å²) in [6.45, 7) is 2.56. The summed E-state index contributed by atoms with van der Waals surface area (Å²) in [5.74, 6) is 0.528. The van der Waals surface area contributed by atoms with Gasteiger partial charge < -0.3 is 24.8 Å². The molecule has 1 saturated heterocycles. The van der Waals surface area contributed by atoms with E-state index in [9.17, 15) is 4.79 Å². The molecule has 0 spiro atoms. The van der Waals surface area contributed by atoms with Gasteiger partial charge in [0.1, 0.15) is 11.8 Å². The Morgan fingerprint density at radius 1 is 1.26 bits per heavy atom. The average molecular weight is 394 g/mol. The number of morpholine rings is 1. The van der Waals surface area contributed by atoms with E-state index in [0.717, 1.165) is 5.56 Å². The second-order valence-corrected chi connectivity index (χ2v) is 6.20. The molecule has 0 aliphatic carbocycles. The number of benzene rings is 1. The van der Waals surface area contributed by atoms with Gasteiger partial charge in [0, 0.05) is 13.1 Å². The highest BCUT2D eigenvalue weighted by atomic mass is 35.5. The maximum Gasteiger partial charge on any atom is 0.328 e. The Hall–Kier alpha value is -2.49. The Bertz CT molecular complexity index is 783. The maximum atomic E-state index is 11.4. The third-order valence-electron chi connectivity index (χ3n) is 3.96. The Morgan fingerprint density at radius 2 is 1.96 bits per heavy atom. The van der Waals surface area contributed by atoms with Crippen molar-refractivity contribution in [3.05, 3.63) is 35.1 Å². The summed E-state index contributed by atoms with van der Waals surface area (Å²) in [5, 5.41) is 0.0576. The molecule has 2 heterocycles. The van der Waals surface area contributed by atoms with Crippen LogP contribution in [-0.4, -0.2) is 60.4 Å². The van der Waals surface area contributed by atoms with Crippen LogP contribution in [0, 0.1) is 0 Å². The third-order valence-corrected chi connectivity index (χ3v) is 4.13. The summed E-state index contributed by atoms with van der Waals surface area (Å²) in [7, 11) is 1.31. The molecule has 0 radical (unpaired) electrons. The third kappa shape index (κ3) is 5.25. The fourth-order valence-electron chi connectivity index (χ4n) is 2.56. The van der Waals surface area contributed by atoms with Crippen LogP contribution in [0.2, 0.25) is 5.28 Å². The standard InChI is InChI=1S/C17H20ClN5O4/c1-25-14(24)13(19)10-11-2-4-12(5-3-11)27-17-21-15(18)20-16(22-17)23-6-8-26-9-7-23/h2-5,13H,6-10,19H2,1H3/t13-/m0/s1. The monoisotopic (exact) mass is 393 g/mol. The highest BCUT2D eigenvalue weighted by molar-refractivity contribution is 6.28. The number of hydrogen-bond acceptors (Lipinski definition) is 9. The molecule has 1 aliphatic rings. The fraction of sp³-hybridized carbons (Fsp3) is 0.412. The number of carbonyl (C=O) groups is 1. The molecule has 10 heteroatoms. The van der Waals surface area contributed by atoms with Crippen LogP contribution in [0.15, 0.2) is 24.3 Å². The molecule has 144 valence electrons. The van der Waals surface area contributed by atoms with E-state index < -0.39 is 12.0 Å². The molecule has 27 heavy (non-hydrogen) atoms. The van der Waals surface area contributed by atoms with E-state index in [1.807, 2.05) is 17.0 Å². The molecule has 2 aromatic rings. The number of esters is 1. The summed E-state index contributed by atoms with van der Waals surface area (Å²) in [5.41, 5.74) is 6.64. The van der Waals surface area contributed by atoms with Crippen LogP contribution >= 0.6 is 11.6 Å². The number of carbonyl (C=O) groups excluding carboxylic acids is 1. The zero-order valence-corrected chi connectivity index (χ0v) is 15.6. The van der Waals surface area contributed by atoms with Crippen LogP contribution in [0.4, 0.5) is 5.95 Å². The minimum absolute atomic E-state index is 0.0576. The first-order valence-corrected chi connectivity index (χ1v) is 8.77. The Morgan fingerprint density at radius 3 is 2.63 bits per heavy atom. The molecule has 0 saturated carbocycles. The van der Waals surface area contributed by atoms with Gasteiger partial charge in [0.15, 0.2) is 0 Å². The lowest BCUT2D eigenvalue weighted by molar-refractivity contribution is -0.142. The minimum atomic E-state index is -0.708. The number of ether oxygens (including phenoxy) is 3. The lowest BCUT2D eigenvalue weighted by atomic mass is 10.1. The zero-order chi connectivity index (χ0) is 19.2. The minimum Gasteiger partial charge on any atom is -0.468 e. The van der Waals surface area contributed by atoms with Crippen LogP contribution < -0.4 is 15.4 Å². The van der Waals surface area contributed by atoms with Crippen LogP contribution in [0.5, 0.6) is 11.8 Å². The molecule has 3 rings (SSSR count). The number of rotatable bonds is 6. The first-order valence-electron chi connectivity index (χ1n) is 8.39. The smallest absolute Gasteiger partial charge is 0.328 e. The van der Waals surface area contributed by atoms with Gasteiger partial charge in [-0.3, -0.25) is 4.79 Å². The van der Waals surface area contributed by atoms with Crippen molar-refractivity contribution in [2.24, 2.45) is 5.73 Å². The molecule has 0 amide bonds. The quantitative estimate of drug-likeness (QED) is 0.723. The predicted octanol–water partition coefficient (Wildman–Crippen LogP) is 1.20. The molecule has 1 aliphatic heterocycles. The number of nitrogens with two attached hydrogens (primary N) is 1. The van der Waals surface area contributed by atoms with Gasteiger partial charge >= 0.3 is 12.0 Å². The molecule has 0 bridgehead atoms. The van der Waals surface area contributed by atoms with Gasteiger partial charge in [0.2, 0.25) is 11.2 Å². The fourth-order valence-corrected chi connectivity index (χ4v) is 2.71. The van der Waals surface area contributed by atoms with Crippen molar-refractivity contribution in [2.75, 3.05) is 38.3 Å². The molecule has 0 unspecified atom stereocenters. The van der Waals surface area contributed by atoms with Crippen molar-refractivity contribution in [3.63, 3.8) is 0 Å².